The zero-order valence-corrected chi connectivity index (χ0v) is 11.5. The monoisotopic (exact) mass is 269 g/mol. The number of aromatic nitrogens is 2. The van der Waals surface area contributed by atoms with Crippen molar-refractivity contribution in [1.29, 1.82) is 0 Å². The lowest BCUT2D eigenvalue weighted by molar-refractivity contribution is -0.125. The van der Waals surface area contributed by atoms with Crippen molar-refractivity contribution >= 4 is 5.91 Å². The summed E-state index contributed by atoms with van der Waals surface area (Å²) >= 11 is 0. The Balaban J connectivity index is 2.82. The molecule has 0 spiro atoms. The first-order valence-electron chi connectivity index (χ1n) is 5.87. The molecule has 0 radical (unpaired) electrons. The van der Waals surface area contributed by atoms with E-state index in [-0.39, 0.29) is 12.1 Å². The van der Waals surface area contributed by atoms with Crippen molar-refractivity contribution in [3.63, 3.8) is 0 Å². The third-order valence-corrected chi connectivity index (χ3v) is 3.15. The Labute approximate surface area is 110 Å². The Morgan fingerprint density at radius 3 is 2.32 bits per heavy atom. The molecule has 0 atom stereocenters. The summed E-state index contributed by atoms with van der Waals surface area (Å²) in [5.41, 5.74) is -2.95. The van der Waals surface area contributed by atoms with Crippen LogP contribution in [0.1, 0.15) is 33.4 Å². The van der Waals surface area contributed by atoms with E-state index in [4.69, 9.17) is 0 Å². The lowest BCUT2D eigenvalue weighted by Crippen LogP contribution is -2.58. The second kappa shape index (κ2) is 5.00. The van der Waals surface area contributed by atoms with Gasteiger partial charge in [0.05, 0.1) is 17.6 Å². The van der Waals surface area contributed by atoms with E-state index in [2.05, 4.69) is 10.3 Å². The molecule has 1 aromatic rings. The molecule has 0 saturated carbocycles. The van der Waals surface area contributed by atoms with Gasteiger partial charge in [0.15, 0.2) is 0 Å². The fourth-order valence-electron chi connectivity index (χ4n) is 1.33. The molecule has 0 saturated heterocycles. The quantitative estimate of drug-likeness (QED) is 0.577. The van der Waals surface area contributed by atoms with Crippen LogP contribution in [0.5, 0.6) is 0 Å². The summed E-state index contributed by atoms with van der Waals surface area (Å²) in [6.45, 7) is 6.54. The van der Waals surface area contributed by atoms with E-state index < -0.39 is 28.3 Å². The number of amides is 1. The summed E-state index contributed by atoms with van der Waals surface area (Å²) in [5.74, 6) is -0.395. The Kier molecular flexibility index (Phi) is 4.00. The zero-order chi connectivity index (χ0) is 14.8. The minimum atomic E-state index is -1.11. The number of rotatable bonds is 4. The molecule has 7 heteroatoms. The molecule has 0 aromatic carbocycles. The van der Waals surface area contributed by atoms with Crippen LogP contribution in [-0.4, -0.2) is 32.1 Å². The fraction of sp³-hybridized carbons (Fsp3) is 0.583. The van der Waals surface area contributed by atoms with E-state index in [1.807, 2.05) is 4.98 Å². The summed E-state index contributed by atoms with van der Waals surface area (Å²) in [6.07, 6.45) is -0.140. The minimum absolute atomic E-state index is 0.140. The van der Waals surface area contributed by atoms with Gasteiger partial charge in [0, 0.05) is 11.8 Å². The highest BCUT2D eigenvalue weighted by Crippen LogP contribution is 2.20. The number of aromatic amines is 2. The Hall–Kier alpha value is -1.89. The summed E-state index contributed by atoms with van der Waals surface area (Å²) in [6, 6.07) is 1.15. The third-order valence-electron chi connectivity index (χ3n) is 3.15. The van der Waals surface area contributed by atoms with Crippen LogP contribution >= 0.6 is 0 Å². The van der Waals surface area contributed by atoms with Crippen molar-refractivity contribution in [2.45, 2.75) is 45.3 Å². The highest BCUT2D eigenvalue weighted by Gasteiger charge is 2.36. The van der Waals surface area contributed by atoms with Gasteiger partial charge >= 0.3 is 5.69 Å². The molecule has 0 aliphatic heterocycles. The molecule has 1 amide bonds. The van der Waals surface area contributed by atoms with E-state index in [1.54, 1.807) is 27.7 Å². The Bertz CT molecular complexity index is 549. The largest absolute Gasteiger partial charge is 0.388 e. The molecule has 0 unspecified atom stereocenters. The maximum absolute atomic E-state index is 11.8. The Morgan fingerprint density at radius 1 is 1.26 bits per heavy atom. The predicted molar refractivity (Wildman–Crippen MR) is 69.9 cm³/mol. The predicted octanol–water partition coefficient (Wildman–Crippen LogP) is -0.729. The number of hydrogen-bond donors (Lipinski definition) is 4. The van der Waals surface area contributed by atoms with Crippen LogP contribution in [-0.2, 0) is 11.2 Å². The van der Waals surface area contributed by atoms with E-state index in [1.165, 1.54) is 0 Å². The second-order valence-corrected chi connectivity index (χ2v) is 5.52. The van der Waals surface area contributed by atoms with Gasteiger partial charge in [-0.25, -0.2) is 4.79 Å². The van der Waals surface area contributed by atoms with E-state index in [0.717, 1.165) is 6.07 Å². The molecule has 4 N–H and O–H groups in total. The molecule has 1 rings (SSSR count). The van der Waals surface area contributed by atoms with Gasteiger partial charge in [0.2, 0.25) is 5.91 Å². The normalized spacial score (nSPS) is 12.3. The maximum Gasteiger partial charge on any atom is 0.325 e. The minimum Gasteiger partial charge on any atom is -0.388 e. The van der Waals surface area contributed by atoms with Crippen LogP contribution in [0.2, 0.25) is 0 Å². The van der Waals surface area contributed by atoms with Gasteiger partial charge < -0.3 is 15.4 Å². The second-order valence-electron chi connectivity index (χ2n) is 5.52. The van der Waals surface area contributed by atoms with Crippen LogP contribution in [0.15, 0.2) is 15.7 Å². The highest BCUT2D eigenvalue weighted by atomic mass is 16.3. The molecule has 1 aromatic heterocycles. The lowest BCUT2D eigenvalue weighted by Gasteiger charge is -2.38. The number of carbonyl (C=O) groups excluding carboxylic acids is 1. The SMILES string of the molecule is CC(C)(O)C(C)(C)NC(=O)Cc1cc(=O)[nH]c(=O)[nH]1. The molecule has 0 fully saturated rings. The number of aliphatic hydroxyl groups is 1. The van der Waals surface area contributed by atoms with Crippen LogP contribution in [0.3, 0.4) is 0 Å². The van der Waals surface area contributed by atoms with Gasteiger partial charge in [-0.15, -0.1) is 0 Å². The standard InChI is InChI=1S/C12H19N3O4/c1-11(2,12(3,4)19)15-9(17)6-7-5-8(16)14-10(18)13-7/h5,19H,6H2,1-4H3,(H,15,17)(H2,13,14,16,18). The van der Waals surface area contributed by atoms with Crippen molar-refractivity contribution < 1.29 is 9.90 Å². The van der Waals surface area contributed by atoms with Crippen molar-refractivity contribution in [2.24, 2.45) is 0 Å². The lowest BCUT2D eigenvalue weighted by atomic mass is 9.86. The van der Waals surface area contributed by atoms with Gasteiger partial charge in [-0.1, -0.05) is 0 Å². The molecule has 0 aliphatic rings. The molecular formula is C12H19N3O4. The summed E-state index contributed by atoms with van der Waals surface area (Å²) in [5, 5.41) is 12.6. The maximum atomic E-state index is 11.8. The average molecular weight is 269 g/mol. The average Bonchev–Trinajstić information content (AvgIpc) is 2.11. The molecule has 106 valence electrons. The van der Waals surface area contributed by atoms with Crippen molar-refractivity contribution in [1.82, 2.24) is 15.3 Å². The summed E-state index contributed by atoms with van der Waals surface area (Å²) in [7, 11) is 0. The van der Waals surface area contributed by atoms with Crippen LogP contribution in [0, 0.1) is 0 Å². The van der Waals surface area contributed by atoms with E-state index in [9.17, 15) is 19.5 Å². The molecule has 0 bridgehead atoms. The number of nitrogens with one attached hydrogen (secondary N) is 3. The molecule has 1 heterocycles. The van der Waals surface area contributed by atoms with Crippen molar-refractivity contribution in [2.75, 3.05) is 0 Å². The first-order valence-corrected chi connectivity index (χ1v) is 5.87. The topological polar surface area (TPSA) is 115 Å². The van der Waals surface area contributed by atoms with E-state index in [0.29, 0.717) is 0 Å². The van der Waals surface area contributed by atoms with Crippen LogP contribution in [0.25, 0.3) is 0 Å². The summed E-state index contributed by atoms with van der Waals surface area (Å²) in [4.78, 5) is 38.4. The first kappa shape index (κ1) is 15.2. The van der Waals surface area contributed by atoms with Crippen LogP contribution in [0.4, 0.5) is 0 Å². The fourth-order valence-corrected chi connectivity index (χ4v) is 1.33. The number of hydrogen-bond acceptors (Lipinski definition) is 4. The van der Waals surface area contributed by atoms with Gasteiger partial charge in [-0.3, -0.25) is 14.6 Å². The van der Waals surface area contributed by atoms with Gasteiger partial charge in [0.1, 0.15) is 0 Å². The van der Waals surface area contributed by atoms with Gasteiger partial charge in [-0.2, -0.15) is 0 Å². The molecule has 0 aliphatic carbocycles. The van der Waals surface area contributed by atoms with E-state index >= 15 is 0 Å². The smallest absolute Gasteiger partial charge is 0.325 e. The third kappa shape index (κ3) is 4.06. The zero-order valence-electron chi connectivity index (χ0n) is 11.5. The number of H-pyrrole nitrogens is 2. The molecular weight excluding hydrogens is 250 g/mol. The van der Waals surface area contributed by atoms with Crippen molar-refractivity contribution in [3.8, 4) is 0 Å². The van der Waals surface area contributed by atoms with Gasteiger partial charge in [-0.05, 0) is 27.7 Å². The first-order chi connectivity index (χ1) is 8.51. The van der Waals surface area contributed by atoms with Crippen molar-refractivity contribution in [3.05, 3.63) is 32.6 Å². The summed E-state index contributed by atoms with van der Waals surface area (Å²) < 4.78 is 0. The Morgan fingerprint density at radius 2 is 1.84 bits per heavy atom. The number of carbonyl (C=O) groups is 1. The molecule has 7 nitrogen and oxygen atoms in total. The van der Waals surface area contributed by atoms with Crippen LogP contribution < -0.4 is 16.6 Å². The van der Waals surface area contributed by atoms with Gasteiger partial charge in [0.25, 0.3) is 5.56 Å². The highest BCUT2D eigenvalue weighted by molar-refractivity contribution is 5.78. The molecule has 19 heavy (non-hydrogen) atoms.